The van der Waals surface area contributed by atoms with Crippen LogP contribution in [0, 0.1) is 0 Å². The van der Waals surface area contributed by atoms with Gasteiger partial charge >= 0.3 is 0 Å². The van der Waals surface area contributed by atoms with Crippen LogP contribution in [0.25, 0.3) is 0 Å². The zero-order valence-electron chi connectivity index (χ0n) is 13.0. The van der Waals surface area contributed by atoms with Crippen molar-refractivity contribution in [1.82, 2.24) is 5.32 Å². The number of benzene rings is 1. The standard InChI is InChI=1S/C16H24N2O2.ClH/c1-12(2)13-4-6-15(7-5-13)18(3)16(19)10-14-11-20-9-8-17-14;/h4-7,12,14,17H,8-11H2,1-3H3;1H. The smallest absolute Gasteiger partial charge is 0.228 e. The second-order valence-corrected chi connectivity index (χ2v) is 5.63. The highest BCUT2D eigenvalue weighted by atomic mass is 35.5. The maximum atomic E-state index is 12.3. The molecule has 4 nitrogen and oxygen atoms in total. The quantitative estimate of drug-likeness (QED) is 0.929. The van der Waals surface area contributed by atoms with Crippen molar-refractivity contribution in [3.8, 4) is 0 Å². The fraction of sp³-hybridized carbons (Fsp3) is 0.562. The van der Waals surface area contributed by atoms with Gasteiger partial charge in [0.2, 0.25) is 5.91 Å². The highest BCUT2D eigenvalue weighted by Crippen LogP contribution is 2.20. The van der Waals surface area contributed by atoms with E-state index in [0.717, 1.165) is 18.8 Å². The fourth-order valence-electron chi connectivity index (χ4n) is 2.33. The van der Waals surface area contributed by atoms with Crippen LogP contribution in [-0.2, 0) is 9.53 Å². The molecule has 1 unspecified atom stereocenters. The number of ether oxygens (including phenoxy) is 1. The van der Waals surface area contributed by atoms with Crippen LogP contribution in [0.15, 0.2) is 24.3 Å². The minimum absolute atomic E-state index is 0. The normalized spacial score (nSPS) is 18.2. The van der Waals surface area contributed by atoms with E-state index in [2.05, 4.69) is 31.3 Å². The Bertz CT molecular complexity index is 442. The molecule has 118 valence electrons. The number of hydrogen-bond donors (Lipinski definition) is 1. The largest absolute Gasteiger partial charge is 0.378 e. The van der Waals surface area contributed by atoms with Crippen molar-refractivity contribution in [2.45, 2.75) is 32.2 Å². The molecule has 5 heteroatoms. The second-order valence-electron chi connectivity index (χ2n) is 5.63. The molecule has 0 saturated carbocycles. The van der Waals surface area contributed by atoms with Gasteiger partial charge in [-0.1, -0.05) is 26.0 Å². The van der Waals surface area contributed by atoms with Crippen LogP contribution in [0.4, 0.5) is 5.69 Å². The molecule has 2 rings (SSSR count). The van der Waals surface area contributed by atoms with E-state index in [1.54, 1.807) is 4.90 Å². The highest BCUT2D eigenvalue weighted by Gasteiger charge is 2.20. The van der Waals surface area contributed by atoms with E-state index < -0.39 is 0 Å². The SMILES string of the molecule is CC(C)c1ccc(N(C)C(=O)CC2COCCN2)cc1.Cl. The van der Waals surface area contributed by atoms with Crippen LogP contribution in [0.1, 0.15) is 31.7 Å². The van der Waals surface area contributed by atoms with Gasteiger partial charge in [0.05, 0.1) is 13.2 Å². The summed E-state index contributed by atoms with van der Waals surface area (Å²) in [6, 6.07) is 8.33. The number of nitrogens with zero attached hydrogens (tertiary/aromatic N) is 1. The van der Waals surface area contributed by atoms with Crippen molar-refractivity contribution in [1.29, 1.82) is 0 Å². The van der Waals surface area contributed by atoms with Crippen LogP contribution in [-0.4, -0.2) is 38.8 Å². The average Bonchev–Trinajstić information content (AvgIpc) is 2.47. The fourth-order valence-corrected chi connectivity index (χ4v) is 2.33. The van der Waals surface area contributed by atoms with E-state index in [1.165, 1.54) is 5.56 Å². The van der Waals surface area contributed by atoms with Gasteiger partial charge in [-0.3, -0.25) is 4.79 Å². The van der Waals surface area contributed by atoms with E-state index in [9.17, 15) is 4.79 Å². The van der Waals surface area contributed by atoms with Gasteiger partial charge < -0.3 is 15.0 Å². The lowest BCUT2D eigenvalue weighted by Gasteiger charge is -2.26. The monoisotopic (exact) mass is 312 g/mol. The third kappa shape index (κ3) is 4.99. The number of amides is 1. The maximum absolute atomic E-state index is 12.3. The number of anilines is 1. The first kappa shape index (κ1) is 18.0. The van der Waals surface area contributed by atoms with Crippen LogP contribution in [0.3, 0.4) is 0 Å². The molecule has 1 fully saturated rings. The lowest BCUT2D eigenvalue weighted by molar-refractivity contribution is -0.119. The number of halogens is 1. The summed E-state index contributed by atoms with van der Waals surface area (Å²) in [4.78, 5) is 14.0. The minimum atomic E-state index is 0. The Morgan fingerprint density at radius 2 is 2.05 bits per heavy atom. The Balaban J connectivity index is 0.00000220. The molecule has 1 aromatic carbocycles. The first-order valence-corrected chi connectivity index (χ1v) is 7.25. The Kier molecular flexibility index (Phi) is 7.15. The van der Waals surface area contributed by atoms with Gasteiger partial charge in [-0.25, -0.2) is 0 Å². The third-order valence-electron chi connectivity index (χ3n) is 3.74. The summed E-state index contributed by atoms with van der Waals surface area (Å²) < 4.78 is 5.38. The molecule has 1 amide bonds. The first-order valence-electron chi connectivity index (χ1n) is 7.25. The second kappa shape index (κ2) is 8.37. The van der Waals surface area contributed by atoms with Gasteiger partial charge in [-0.05, 0) is 23.6 Å². The van der Waals surface area contributed by atoms with E-state index in [-0.39, 0.29) is 24.4 Å². The molecular weight excluding hydrogens is 288 g/mol. The number of morpholine rings is 1. The molecule has 0 radical (unpaired) electrons. The van der Waals surface area contributed by atoms with E-state index in [1.807, 2.05) is 19.2 Å². The predicted octanol–water partition coefficient (Wildman–Crippen LogP) is 2.57. The maximum Gasteiger partial charge on any atom is 0.228 e. The van der Waals surface area contributed by atoms with Crippen molar-refractivity contribution in [3.63, 3.8) is 0 Å². The zero-order valence-corrected chi connectivity index (χ0v) is 13.8. The summed E-state index contributed by atoms with van der Waals surface area (Å²) in [5.41, 5.74) is 2.23. The molecule has 0 aliphatic carbocycles. The van der Waals surface area contributed by atoms with Crippen molar-refractivity contribution < 1.29 is 9.53 Å². The van der Waals surface area contributed by atoms with Crippen LogP contribution >= 0.6 is 12.4 Å². The van der Waals surface area contributed by atoms with E-state index >= 15 is 0 Å². The minimum Gasteiger partial charge on any atom is -0.378 e. The number of hydrogen-bond acceptors (Lipinski definition) is 3. The van der Waals surface area contributed by atoms with Crippen molar-refractivity contribution >= 4 is 24.0 Å². The van der Waals surface area contributed by atoms with Crippen LogP contribution in [0.2, 0.25) is 0 Å². The molecule has 1 aliphatic heterocycles. The summed E-state index contributed by atoms with van der Waals surface area (Å²) in [5.74, 6) is 0.624. The van der Waals surface area contributed by atoms with Crippen molar-refractivity contribution in [2.24, 2.45) is 0 Å². The molecule has 1 saturated heterocycles. The summed E-state index contributed by atoms with van der Waals surface area (Å²) in [6.07, 6.45) is 0.475. The molecule has 1 atom stereocenters. The highest BCUT2D eigenvalue weighted by molar-refractivity contribution is 5.93. The molecule has 1 heterocycles. The summed E-state index contributed by atoms with van der Waals surface area (Å²) in [5, 5.41) is 3.31. The Morgan fingerprint density at radius 3 is 2.57 bits per heavy atom. The van der Waals surface area contributed by atoms with Gasteiger partial charge in [-0.15, -0.1) is 12.4 Å². The first-order chi connectivity index (χ1) is 9.58. The lowest BCUT2D eigenvalue weighted by atomic mass is 10.0. The molecule has 1 N–H and O–H groups in total. The zero-order chi connectivity index (χ0) is 14.5. The molecule has 0 bridgehead atoms. The summed E-state index contributed by atoms with van der Waals surface area (Å²) in [7, 11) is 1.83. The van der Waals surface area contributed by atoms with Crippen molar-refractivity contribution in [3.05, 3.63) is 29.8 Å². The molecule has 0 aromatic heterocycles. The lowest BCUT2D eigenvalue weighted by Crippen LogP contribution is -2.44. The van der Waals surface area contributed by atoms with E-state index in [4.69, 9.17) is 4.74 Å². The molecule has 1 aromatic rings. The topological polar surface area (TPSA) is 41.6 Å². The number of rotatable bonds is 4. The summed E-state index contributed by atoms with van der Waals surface area (Å²) in [6.45, 7) is 6.51. The average molecular weight is 313 g/mol. The van der Waals surface area contributed by atoms with Gasteiger partial charge in [-0.2, -0.15) is 0 Å². The van der Waals surface area contributed by atoms with E-state index in [0.29, 0.717) is 18.9 Å². The van der Waals surface area contributed by atoms with Crippen molar-refractivity contribution in [2.75, 3.05) is 31.7 Å². The molecule has 21 heavy (non-hydrogen) atoms. The van der Waals surface area contributed by atoms with Gasteiger partial charge in [0.25, 0.3) is 0 Å². The molecule has 0 spiro atoms. The van der Waals surface area contributed by atoms with Gasteiger partial charge in [0.15, 0.2) is 0 Å². The Labute approximate surface area is 133 Å². The molecular formula is C16H25ClN2O2. The summed E-state index contributed by atoms with van der Waals surface area (Å²) >= 11 is 0. The molecule has 1 aliphatic rings. The Hall–Kier alpha value is -1.10. The third-order valence-corrected chi connectivity index (χ3v) is 3.74. The number of carbonyl (C=O) groups is 1. The Morgan fingerprint density at radius 1 is 1.38 bits per heavy atom. The predicted molar refractivity (Wildman–Crippen MR) is 88.4 cm³/mol. The number of carbonyl (C=O) groups excluding carboxylic acids is 1. The van der Waals surface area contributed by atoms with Crippen LogP contribution in [0.5, 0.6) is 0 Å². The van der Waals surface area contributed by atoms with Gasteiger partial charge in [0, 0.05) is 31.7 Å². The van der Waals surface area contributed by atoms with Crippen LogP contribution < -0.4 is 10.2 Å². The van der Waals surface area contributed by atoms with Gasteiger partial charge in [0.1, 0.15) is 0 Å². The number of nitrogens with one attached hydrogen (secondary N) is 1.